The van der Waals surface area contributed by atoms with Crippen molar-refractivity contribution in [2.24, 2.45) is 0 Å². The largest absolute Gasteiger partial charge is 0.481 e. The minimum absolute atomic E-state index is 0.0163. The number of carbonyl (C=O) groups excluding carboxylic acids is 1. The third kappa shape index (κ3) is 3.89. The quantitative estimate of drug-likeness (QED) is 0.745. The van der Waals surface area contributed by atoms with Crippen LogP contribution in [0.2, 0.25) is 0 Å². The summed E-state index contributed by atoms with van der Waals surface area (Å²) >= 11 is 1.23. The van der Waals surface area contributed by atoms with Crippen molar-refractivity contribution >= 4 is 23.6 Å². The van der Waals surface area contributed by atoms with E-state index < -0.39 is 5.97 Å². The van der Waals surface area contributed by atoms with Gasteiger partial charge >= 0.3 is 5.97 Å². The minimum atomic E-state index is -0.874. The number of aliphatic carboxylic acids is 1. The fourth-order valence-electron chi connectivity index (χ4n) is 1.40. The molecule has 0 saturated carbocycles. The van der Waals surface area contributed by atoms with Crippen LogP contribution in [0.1, 0.15) is 10.5 Å². The van der Waals surface area contributed by atoms with Crippen molar-refractivity contribution in [2.75, 3.05) is 18.1 Å². The van der Waals surface area contributed by atoms with Crippen LogP contribution in [-0.4, -0.2) is 40.2 Å². The molecular weight excluding hydrogens is 284 g/mol. The first-order chi connectivity index (χ1) is 9.66. The lowest BCUT2D eigenvalue weighted by molar-refractivity contribution is -0.133. The molecule has 1 amide bonds. The number of carbonyl (C=O) groups is 2. The molecule has 20 heavy (non-hydrogen) atoms. The average Bonchev–Trinajstić information content (AvgIpc) is 3.08. The number of hydrogen-bond acceptors (Lipinski definition) is 6. The lowest BCUT2D eigenvalue weighted by Gasteiger charge is -2.00. The summed E-state index contributed by atoms with van der Waals surface area (Å²) in [5.74, 6) is 0.154. The molecule has 0 spiro atoms. The second kappa shape index (κ2) is 6.80. The Bertz CT molecular complexity index is 578. The molecule has 0 aliphatic rings. The van der Waals surface area contributed by atoms with Crippen LogP contribution in [0, 0.1) is 0 Å². The van der Waals surface area contributed by atoms with Crippen LogP contribution in [0.5, 0.6) is 0 Å². The fraction of sp³-hybridized carbons (Fsp3) is 0.250. The van der Waals surface area contributed by atoms with E-state index in [0.717, 1.165) is 0 Å². The third-order valence-electron chi connectivity index (χ3n) is 2.26. The van der Waals surface area contributed by atoms with Crippen LogP contribution in [0.25, 0.3) is 11.5 Å². The van der Waals surface area contributed by atoms with E-state index in [1.165, 1.54) is 24.1 Å². The molecule has 8 heteroatoms. The first-order valence-electron chi connectivity index (χ1n) is 5.75. The van der Waals surface area contributed by atoms with Crippen LogP contribution in [-0.2, 0) is 4.79 Å². The van der Waals surface area contributed by atoms with Gasteiger partial charge in [0.05, 0.1) is 12.0 Å². The predicted octanol–water partition coefficient (Wildman–Crippen LogP) is 1.48. The summed E-state index contributed by atoms with van der Waals surface area (Å²) in [5.41, 5.74) is 0.152. The topological polar surface area (TPSA) is 106 Å². The van der Waals surface area contributed by atoms with Gasteiger partial charge < -0.3 is 19.4 Å². The van der Waals surface area contributed by atoms with E-state index in [2.05, 4.69) is 10.5 Å². The molecule has 0 aliphatic carbocycles. The number of amides is 1. The summed E-state index contributed by atoms with van der Waals surface area (Å²) in [7, 11) is 0. The molecule has 0 radical (unpaired) electrons. The SMILES string of the molecule is O=C(O)CSCCNC(=O)c1cc(-c2ccco2)on1. The molecule has 0 unspecified atom stereocenters. The van der Waals surface area contributed by atoms with Crippen molar-refractivity contribution in [1.82, 2.24) is 10.5 Å². The first-order valence-corrected chi connectivity index (χ1v) is 6.90. The average molecular weight is 296 g/mol. The van der Waals surface area contributed by atoms with Gasteiger partial charge in [-0.25, -0.2) is 0 Å². The summed E-state index contributed by atoms with van der Waals surface area (Å²) in [6.45, 7) is 0.361. The van der Waals surface area contributed by atoms with Gasteiger partial charge in [-0.15, -0.1) is 11.8 Å². The molecule has 0 fully saturated rings. The van der Waals surface area contributed by atoms with Gasteiger partial charge in [-0.2, -0.15) is 0 Å². The highest BCUT2D eigenvalue weighted by Gasteiger charge is 2.14. The molecule has 2 N–H and O–H groups in total. The zero-order valence-corrected chi connectivity index (χ0v) is 11.2. The third-order valence-corrected chi connectivity index (χ3v) is 3.21. The summed E-state index contributed by atoms with van der Waals surface area (Å²) in [6, 6.07) is 4.89. The Morgan fingerprint density at radius 1 is 1.40 bits per heavy atom. The summed E-state index contributed by atoms with van der Waals surface area (Å²) in [4.78, 5) is 22.0. The summed E-state index contributed by atoms with van der Waals surface area (Å²) in [6.07, 6.45) is 1.50. The van der Waals surface area contributed by atoms with Gasteiger partial charge in [0.2, 0.25) is 5.76 Å². The van der Waals surface area contributed by atoms with Crippen LogP contribution in [0.4, 0.5) is 0 Å². The first kappa shape index (κ1) is 14.2. The van der Waals surface area contributed by atoms with Gasteiger partial charge in [-0.05, 0) is 12.1 Å². The molecule has 106 valence electrons. The van der Waals surface area contributed by atoms with Gasteiger partial charge in [-0.3, -0.25) is 9.59 Å². The number of carboxylic acids is 1. The molecule has 2 rings (SSSR count). The molecule has 0 aliphatic heterocycles. The van der Waals surface area contributed by atoms with E-state index in [-0.39, 0.29) is 17.4 Å². The molecule has 2 aromatic heterocycles. The van der Waals surface area contributed by atoms with Crippen LogP contribution in [0.15, 0.2) is 33.4 Å². The Balaban J connectivity index is 1.80. The Labute approximate surface area is 118 Å². The maximum absolute atomic E-state index is 11.7. The molecule has 7 nitrogen and oxygen atoms in total. The standard InChI is InChI=1S/C12H12N2O5S/c15-11(16)7-20-5-3-13-12(17)8-6-10(19-14-8)9-2-1-4-18-9/h1-2,4,6H,3,5,7H2,(H,13,17)(H,15,16). The van der Waals surface area contributed by atoms with Crippen molar-refractivity contribution in [1.29, 1.82) is 0 Å². The van der Waals surface area contributed by atoms with Crippen LogP contribution < -0.4 is 5.32 Å². The van der Waals surface area contributed by atoms with E-state index in [1.807, 2.05) is 0 Å². The van der Waals surface area contributed by atoms with Gasteiger partial charge in [-0.1, -0.05) is 5.16 Å². The van der Waals surface area contributed by atoms with Crippen molar-refractivity contribution < 1.29 is 23.6 Å². The lowest BCUT2D eigenvalue weighted by Crippen LogP contribution is -2.26. The number of aromatic nitrogens is 1. The molecule has 0 saturated heterocycles. The molecular formula is C12H12N2O5S. The van der Waals surface area contributed by atoms with E-state index in [9.17, 15) is 9.59 Å². The monoisotopic (exact) mass is 296 g/mol. The molecule has 2 heterocycles. The number of thioether (sulfide) groups is 1. The minimum Gasteiger partial charge on any atom is -0.481 e. The second-order valence-corrected chi connectivity index (χ2v) is 4.86. The Kier molecular flexibility index (Phi) is 4.83. The van der Waals surface area contributed by atoms with Gasteiger partial charge in [0.25, 0.3) is 5.91 Å². The Morgan fingerprint density at radius 2 is 2.25 bits per heavy atom. The van der Waals surface area contributed by atoms with Crippen LogP contribution in [0.3, 0.4) is 0 Å². The van der Waals surface area contributed by atoms with Crippen molar-refractivity contribution in [2.45, 2.75) is 0 Å². The van der Waals surface area contributed by atoms with Gasteiger partial charge in [0.1, 0.15) is 0 Å². The van der Waals surface area contributed by atoms with E-state index in [1.54, 1.807) is 12.1 Å². The molecule has 0 aromatic carbocycles. The van der Waals surface area contributed by atoms with E-state index in [4.69, 9.17) is 14.0 Å². The number of furan rings is 1. The number of hydrogen-bond donors (Lipinski definition) is 2. The smallest absolute Gasteiger partial charge is 0.313 e. The molecule has 2 aromatic rings. The fourth-order valence-corrected chi connectivity index (χ4v) is 1.97. The number of rotatable bonds is 7. The lowest BCUT2D eigenvalue weighted by atomic mass is 10.3. The normalized spacial score (nSPS) is 10.4. The second-order valence-electron chi connectivity index (χ2n) is 3.76. The van der Waals surface area contributed by atoms with E-state index >= 15 is 0 Å². The van der Waals surface area contributed by atoms with Gasteiger partial charge in [0, 0.05) is 18.4 Å². The maximum Gasteiger partial charge on any atom is 0.313 e. The highest BCUT2D eigenvalue weighted by molar-refractivity contribution is 7.99. The summed E-state index contributed by atoms with van der Waals surface area (Å²) in [5, 5.41) is 14.7. The zero-order chi connectivity index (χ0) is 14.4. The van der Waals surface area contributed by atoms with Crippen molar-refractivity contribution in [3.05, 3.63) is 30.2 Å². The Hall–Kier alpha value is -2.22. The highest BCUT2D eigenvalue weighted by Crippen LogP contribution is 2.20. The van der Waals surface area contributed by atoms with Gasteiger partial charge in [0.15, 0.2) is 11.5 Å². The molecule has 0 bridgehead atoms. The number of carboxylic acid groups (broad SMARTS) is 1. The highest BCUT2D eigenvalue weighted by atomic mass is 32.2. The Morgan fingerprint density at radius 3 is 2.95 bits per heavy atom. The number of nitrogens with one attached hydrogen (secondary N) is 1. The van der Waals surface area contributed by atoms with Crippen molar-refractivity contribution in [3.8, 4) is 11.5 Å². The summed E-state index contributed by atoms with van der Waals surface area (Å²) < 4.78 is 10.1. The molecule has 0 atom stereocenters. The predicted molar refractivity (Wildman–Crippen MR) is 71.5 cm³/mol. The van der Waals surface area contributed by atoms with E-state index in [0.29, 0.717) is 23.8 Å². The van der Waals surface area contributed by atoms with Crippen LogP contribution >= 0.6 is 11.8 Å². The number of nitrogens with zero attached hydrogens (tertiary/aromatic N) is 1. The zero-order valence-electron chi connectivity index (χ0n) is 10.4. The van der Waals surface area contributed by atoms with Crippen molar-refractivity contribution in [3.63, 3.8) is 0 Å². The maximum atomic E-state index is 11.7.